The maximum Gasteiger partial charge on any atom is 0.251 e. The molecule has 0 spiro atoms. The lowest BCUT2D eigenvalue weighted by atomic mass is 9.92. The molecule has 7 rings (SSSR count). The normalized spacial score (nSPS) is 10.9. The molecule has 2 heteroatoms. The summed E-state index contributed by atoms with van der Waals surface area (Å²) in [4.78, 5) is 16.1. The first-order valence-corrected chi connectivity index (χ1v) is 15.4. The summed E-state index contributed by atoms with van der Waals surface area (Å²) < 4.78 is 0. The third-order valence-corrected chi connectivity index (χ3v) is 8.46. The molecule has 0 aliphatic heterocycles. The summed E-state index contributed by atoms with van der Waals surface area (Å²) in [5.41, 5.74) is 13.6. The number of benzene rings is 6. The molecule has 0 fully saturated rings. The second kappa shape index (κ2) is 12.9. The highest BCUT2D eigenvalue weighted by Crippen LogP contribution is 2.30. The van der Waals surface area contributed by atoms with Crippen molar-refractivity contribution < 1.29 is 0 Å². The fourth-order valence-corrected chi connectivity index (χ4v) is 6.10. The first-order chi connectivity index (χ1) is 22.2. The van der Waals surface area contributed by atoms with Crippen molar-refractivity contribution in [1.82, 2.24) is 4.98 Å². The molecule has 0 aliphatic rings. The van der Waals surface area contributed by atoms with E-state index in [2.05, 4.69) is 157 Å². The van der Waals surface area contributed by atoms with Crippen LogP contribution in [0.15, 0.2) is 175 Å². The second-order valence-electron chi connectivity index (χ2n) is 11.4. The molecule has 1 N–H and O–H groups in total. The number of aromatic amines is 1. The molecule has 0 aliphatic carbocycles. The lowest BCUT2D eigenvalue weighted by Gasteiger charge is -2.13. The summed E-state index contributed by atoms with van der Waals surface area (Å²) in [6.07, 6.45) is 3.14. The summed E-state index contributed by atoms with van der Waals surface area (Å²) in [5.74, 6) is 0. The van der Waals surface area contributed by atoms with Crippen molar-refractivity contribution in [2.24, 2.45) is 0 Å². The van der Waals surface area contributed by atoms with Gasteiger partial charge in [0, 0.05) is 18.2 Å². The van der Waals surface area contributed by atoms with Crippen LogP contribution in [0, 0.1) is 0 Å². The van der Waals surface area contributed by atoms with Crippen LogP contribution in [-0.2, 0) is 12.8 Å². The lowest BCUT2D eigenvalue weighted by Crippen LogP contribution is -2.14. The van der Waals surface area contributed by atoms with Gasteiger partial charge >= 0.3 is 0 Å². The van der Waals surface area contributed by atoms with E-state index in [9.17, 15) is 4.79 Å². The lowest BCUT2D eigenvalue weighted by molar-refractivity contribution is 1.05. The molecule has 216 valence electrons. The molecule has 0 amide bonds. The van der Waals surface area contributed by atoms with Gasteiger partial charge in [0.2, 0.25) is 0 Å². The van der Waals surface area contributed by atoms with E-state index in [1.54, 1.807) is 0 Å². The van der Waals surface area contributed by atoms with Gasteiger partial charge < -0.3 is 4.98 Å². The maximum atomic E-state index is 13.1. The highest BCUT2D eigenvalue weighted by molar-refractivity contribution is 5.74. The molecule has 45 heavy (non-hydrogen) atoms. The number of pyridine rings is 1. The summed E-state index contributed by atoms with van der Waals surface area (Å²) in [7, 11) is 0. The average Bonchev–Trinajstić information content (AvgIpc) is 3.11. The Bertz CT molecular complexity index is 2090. The van der Waals surface area contributed by atoms with E-state index in [1.807, 2.05) is 18.3 Å². The minimum absolute atomic E-state index is 0.0437. The Morgan fingerprint density at radius 1 is 0.378 bits per heavy atom. The Morgan fingerprint density at radius 3 is 1.29 bits per heavy atom. The third kappa shape index (κ3) is 6.32. The smallest absolute Gasteiger partial charge is 0.251 e. The van der Waals surface area contributed by atoms with Crippen LogP contribution < -0.4 is 5.56 Å². The quantitative estimate of drug-likeness (QED) is 0.191. The Hall–Kier alpha value is -5.73. The standard InChI is InChI=1S/C43H33NO/c45-43-40(29-39-16-8-10-18-42(39)37-25-21-35(22-26-37)33-13-5-2-6-14-33)28-31(30-44-43)27-38-15-7-9-17-41(38)36-23-19-34(20-24-36)32-11-3-1-4-12-32/h1-26,28,30H,27,29H2,(H,44,45). The Balaban J connectivity index is 1.14. The van der Waals surface area contributed by atoms with E-state index < -0.39 is 0 Å². The largest absolute Gasteiger partial charge is 0.329 e. The molecule has 0 atom stereocenters. The summed E-state index contributed by atoms with van der Waals surface area (Å²) in [5, 5.41) is 0. The zero-order valence-electron chi connectivity index (χ0n) is 25.0. The second-order valence-corrected chi connectivity index (χ2v) is 11.4. The van der Waals surface area contributed by atoms with E-state index in [0.717, 1.165) is 34.2 Å². The Labute approximate surface area is 264 Å². The van der Waals surface area contributed by atoms with E-state index >= 15 is 0 Å². The molecule has 0 saturated heterocycles. The molecule has 7 aromatic rings. The van der Waals surface area contributed by atoms with Crippen molar-refractivity contribution in [3.8, 4) is 44.5 Å². The first kappa shape index (κ1) is 28.1. The number of rotatable bonds is 8. The molecule has 0 saturated carbocycles. The third-order valence-electron chi connectivity index (χ3n) is 8.46. The van der Waals surface area contributed by atoms with Crippen LogP contribution >= 0.6 is 0 Å². The van der Waals surface area contributed by atoms with Gasteiger partial charge in [-0.1, -0.05) is 158 Å². The predicted molar refractivity (Wildman–Crippen MR) is 187 cm³/mol. The fraction of sp³-hybridized carbons (Fsp3) is 0.0465. The van der Waals surface area contributed by atoms with Crippen LogP contribution in [0.1, 0.15) is 22.3 Å². The van der Waals surface area contributed by atoms with Crippen LogP contribution in [0.4, 0.5) is 0 Å². The average molecular weight is 580 g/mol. The topological polar surface area (TPSA) is 32.9 Å². The summed E-state index contributed by atoms with van der Waals surface area (Å²) >= 11 is 0. The van der Waals surface area contributed by atoms with Gasteiger partial charge in [0.1, 0.15) is 0 Å². The molecule has 0 unspecified atom stereocenters. The van der Waals surface area contributed by atoms with Crippen LogP contribution in [0.3, 0.4) is 0 Å². The van der Waals surface area contributed by atoms with E-state index in [1.165, 1.54) is 38.9 Å². The summed E-state index contributed by atoms with van der Waals surface area (Å²) in [6, 6.07) is 57.3. The summed E-state index contributed by atoms with van der Waals surface area (Å²) in [6.45, 7) is 0. The monoisotopic (exact) mass is 579 g/mol. The molecule has 6 aromatic carbocycles. The highest BCUT2D eigenvalue weighted by Gasteiger charge is 2.12. The van der Waals surface area contributed by atoms with Crippen molar-refractivity contribution in [3.63, 3.8) is 0 Å². The van der Waals surface area contributed by atoms with Gasteiger partial charge in [-0.15, -0.1) is 0 Å². The molecular formula is C43H33NO. The fourth-order valence-electron chi connectivity index (χ4n) is 6.10. The zero-order chi connectivity index (χ0) is 30.4. The zero-order valence-corrected chi connectivity index (χ0v) is 25.0. The van der Waals surface area contributed by atoms with Gasteiger partial charge in [-0.25, -0.2) is 0 Å². The van der Waals surface area contributed by atoms with Gasteiger partial charge in [0.05, 0.1) is 0 Å². The molecule has 0 bridgehead atoms. The van der Waals surface area contributed by atoms with Gasteiger partial charge in [-0.2, -0.15) is 0 Å². The van der Waals surface area contributed by atoms with Crippen LogP contribution in [0.2, 0.25) is 0 Å². The molecular weight excluding hydrogens is 546 g/mol. The molecule has 2 nitrogen and oxygen atoms in total. The molecule has 1 heterocycles. The van der Waals surface area contributed by atoms with Crippen molar-refractivity contribution >= 4 is 0 Å². The van der Waals surface area contributed by atoms with Crippen molar-refractivity contribution in [3.05, 3.63) is 203 Å². The Kier molecular flexibility index (Phi) is 8.03. The van der Waals surface area contributed by atoms with Crippen LogP contribution in [0.25, 0.3) is 44.5 Å². The molecule has 1 aromatic heterocycles. The van der Waals surface area contributed by atoms with Gasteiger partial charge in [-0.3, -0.25) is 4.79 Å². The van der Waals surface area contributed by atoms with Gasteiger partial charge in [0.15, 0.2) is 0 Å². The predicted octanol–water partition coefficient (Wildman–Crippen LogP) is 10.2. The number of hydrogen-bond acceptors (Lipinski definition) is 1. The van der Waals surface area contributed by atoms with Crippen molar-refractivity contribution in [1.29, 1.82) is 0 Å². The number of H-pyrrole nitrogens is 1. The molecule has 0 radical (unpaired) electrons. The minimum Gasteiger partial charge on any atom is -0.329 e. The first-order valence-electron chi connectivity index (χ1n) is 15.4. The van der Waals surface area contributed by atoms with Gasteiger partial charge in [-0.05, 0) is 73.7 Å². The minimum atomic E-state index is -0.0437. The van der Waals surface area contributed by atoms with E-state index in [4.69, 9.17) is 0 Å². The number of aromatic nitrogens is 1. The number of nitrogens with one attached hydrogen (secondary N) is 1. The van der Waals surface area contributed by atoms with Crippen LogP contribution in [0.5, 0.6) is 0 Å². The van der Waals surface area contributed by atoms with Crippen molar-refractivity contribution in [2.45, 2.75) is 12.8 Å². The van der Waals surface area contributed by atoms with E-state index in [-0.39, 0.29) is 5.56 Å². The van der Waals surface area contributed by atoms with E-state index in [0.29, 0.717) is 6.42 Å². The van der Waals surface area contributed by atoms with Crippen LogP contribution in [-0.4, -0.2) is 4.98 Å². The maximum absolute atomic E-state index is 13.1. The highest BCUT2D eigenvalue weighted by atomic mass is 16.1. The van der Waals surface area contributed by atoms with Crippen molar-refractivity contribution in [2.75, 3.05) is 0 Å². The number of hydrogen-bond donors (Lipinski definition) is 1. The Morgan fingerprint density at radius 2 is 0.778 bits per heavy atom. The van der Waals surface area contributed by atoms with Gasteiger partial charge in [0.25, 0.3) is 5.56 Å². The SMILES string of the molecule is O=c1[nH]cc(Cc2ccccc2-c2ccc(-c3ccccc3)cc2)cc1Cc1ccccc1-c1ccc(-c2ccccc2)cc1.